The minimum absolute atomic E-state index is 0.168. The molecule has 0 amide bonds. The van der Waals surface area contributed by atoms with Crippen molar-refractivity contribution in [2.75, 3.05) is 14.2 Å². The summed E-state index contributed by atoms with van der Waals surface area (Å²) in [5.74, 6) is -0.205. The van der Waals surface area contributed by atoms with Gasteiger partial charge in [0.2, 0.25) is 6.29 Å². The number of carbonyl (C=O) groups excluding carboxylic acids is 1. The summed E-state index contributed by atoms with van der Waals surface area (Å²) in [5, 5.41) is 1.24. The number of hydrogen-bond donors (Lipinski definition) is 0. The van der Waals surface area contributed by atoms with E-state index in [0.717, 1.165) is 5.39 Å². The van der Waals surface area contributed by atoms with Gasteiger partial charge in [0.25, 0.3) is 5.78 Å². The lowest BCUT2D eigenvalue weighted by Crippen LogP contribution is -2.24. The summed E-state index contributed by atoms with van der Waals surface area (Å²) in [7, 11) is 2.78. The molecule has 0 aliphatic heterocycles. The van der Waals surface area contributed by atoms with Crippen LogP contribution >= 0.6 is 11.6 Å². The summed E-state index contributed by atoms with van der Waals surface area (Å²) in [4.78, 5) is 11.9. The molecule has 0 saturated carbocycles. The first-order valence-electron chi connectivity index (χ1n) is 4.95. The van der Waals surface area contributed by atoms with Crippen LogP contribution in [0.3, 0.4) is 0 Å². The molecule has 1 aromatic heterocycles. The fourth-order valence-corrected chi connectivity index (χ4v) is 1.80. The Balaban J connectivity index is 2.43. The van der Waals surface area contributed by atoms with Crippen LogP contribution in [0.2, 0.25) is 5.02 Å². The smallest absolute Gasteiger partial charge is 0.253 e. The lowest BCUT2D eigenvalue weighted by Gasteiger charge is -2.09. The van der Waals surface area contributed by atoms with Gasteiger partial charge in [0.1, 0.15) is 0 Å². The summed E-state index contributed by atoms with van der Waals surface area (Å²) in [6.45, 7) is 0. The molecule has 0 aliphatic carbocycles. The number of furan rings is 1. The van der Waals surface area contributed by atoms with E-state index in [1.165, 1.54) is 14.2 Å². The Bertz CT molecular complexity index is 542. The first-order valence-corrected chi connectivity index (χ1v) is 5.33. The molecule has 1 aromatic carbocycles. The molecule has 1 heterocycles. The molecule has 5 heteroatoms. The lowest BCUT2D eigenvalue weighted by molar-refractivity contribution is -0.0752. The van der Waals surface area contributed by atoms with Gasteiger partial charge < -0.3 is 13.9 Å². The molecule has 0 spiro atoms. The van der Waals surface area contributed by atoms with Crippen LogP contribution in [-0.4, -0.2) is 26.3 Å². The standard InChI is InChI=1S/C12H11ClO4/c1-15-12(16-2)10(14)9-6-7-4-3-5-8(13)11(7)17-9/h3-6,12H,1-2H3. The Kier molecular flexibility index (Phi) is 3.47. The van der Waals surface area contributed by atoms with Gasteiger partial charge in [-0.2, -0.15) is 0 Å². The van der Waals surface area contributed by atoms with Crippen molar-refractivity contribution in [1.82, 2.24) is 0 Å². The van der Waals surface area contributed by atoms with Crippen molar-refractivity contribution < 1.29 is 18.7 Å². The maximum atomic E-state index is 11.9. The summed E-state index contributed by atoms with van der Waals surface area (Å²) < 4.78 is 15.2. The summed E-state index contributed by atoms with van der Waals surface area (Å²) >= 11 is 5.95. The number of benzene rings is 1. The van der Waals surface area contributed by atoms with Gasteiger partial charge >= 0.3 is 0 Å². The van der Waals surface area contributed by atoms with Gasteiger partial charge in [-0.15, -0.1) is 0 Å². The lowest BCUT2D eigenvalue weighted by atomic mass is 10.2. The third-order valence-electron chi connectivity index (χ3n) is 2.38. The number of rotatable bonds is 4. The van der Waals surface area contributed by atoms with Crippen molar-refractivity contribution in [1.29, 1.82) is 0 Å². The Hall–Kier alpha value is -1.36. The summed E-state index contributed by atoms with van der Waals surface area (Å²) in [6.07, 6.45) is -0.964. The predicted octanol–water partition coefficient (Wildman–Crippen LogP) is 2.89. The minimum Gasteiger partial charge on any atom is -0.451 e. The van der Waals surface area contributed by atoms with Crippen molar-refractivity contribution in [3.05, 3.63) is 35.0 Å². The van der Waals surface area contributed by atoms with Gasteiger partial charge in [-0.25, -0.2) is 0 Å². The van der Waals surface area contributed by atoms with Crippen molar-refractivity contribution in [3.63, 3.8) is 0 Å². The second-order valence-electron chi connectivity index (χ2n) is 3.44. The highest BCUT2D eigenvalue weighted by molar-refractivity contribution is 6.34. The summed E-state index contributed by atoms with van der Waals surface area (Å²) in [5.41, 5.74) is 0.489. The van der Waals surface area contributed by atoms with Crippen LogP contribution in [-0.2, 0) is 9.47 Å². The molecule has 0 bridgehead atoms. The second kappa shape index (κ2) is 4.87. The number of ether oxygens (including phenoxy) is 2. The number of Topliss-reactive ketones (excluding diaryl/α,β-unsaturated/α-hetero) is 1. The van der Waals surface area contributed by atoms with Crippen molar-refractivity contribution in [2.24, 2.45) is 0 Å². The molecule has 17 heavy (non-hydrogen) atoms. The van der Waals surface area contributed by atoms with Crippen molar-refractivity contribution in [2.45, 2.75) is 6.29 Å². The average molecular weight is 255 g/mol. The number of carbonyl (C=O) groups is 1. The van der Waals surface area contributed by atoms with Gasteiger partial charge in [0, 0.05) is 19.6 Å². The topological polar surface area (TPSA) is 48.7 Å². The average Bonchev–Trinajstić information content (AvgIpc) is 2.76. The van der Waals surface area contributed by atoms with E-state index in [-0.39, 0.29) is 11.5 Å². The third-order valence-corrected chi connectivity index (χ3v) is 2.68. The fraction of sp³-hybridized carbons (Fsp3) is 0.250. The Morgan fingerprint density at radius 1 is 1.35 bits per heavy atom. The molecule has 0 atom stereocenters. The molecular weight excluding hydrogens is 244 g/mol. The van der Waals surface area contributed by atoms with Crippen LogP contribution in [0.5, 0.6) is 0 Å². The maximum absolute atomic E-state index is 11.9. The van der Waals surface area contributed by atoms with E-state index in [2.05, 4.69) is 0 Å². The van der Waals surface area contributed by atoms with E-state index < -0.39 is 6.29 Å². The molecule has 4 nitrogen and oxygen atoms in total. The molecule has 0 aliphatic rings. The van der Waals surface area contributed by atoms with Gasteiger partial charge in [0.05, 0.1) is 5.02 Å². The van der Waals surface area contributed by atoms with E-state index in [9.17, 15) is 4.79 Å². The first-order chi connectivity index (χ1) is 8.17. The zero-order chi connectivity index (χ0) is 12.4. The Labute approximate surface area is 103 Å². The highest BCUT2D eigenvalue weighted by Gasteiger charge is 2.23. The Morgan fingerprint density at radius 2 is 2.06 bits per heavy atom. The molecule has 2 aromatic rings. The fourth-order valence-electron chi connectivity index (χ4n) is 1.58. The van der Waals surface area contributed by atoms with Crippen LogP contribution < -0.4 is 0 Å². The number of fused-ring (bicyclic) bond motifs is 1. The second-order valence-corrected chi connectivity index (χ2v) is 3.84. The largest absolute Gasteiger partial charge is 0.451 e. The van der Waals surface area contributed by atoms with Crippen molar-refractivity contribution >= 4 is 28.4 Å². The van der Waals surface area contributed by atoms with Crippen LogP contribution in [0, 0.1) is 0 Å². The number of para-hydroxylation sites is 1. The van der Waals surface area contributed by atoms with E-state index in [1.54, 1.807) is 18.2 Å². The van der Waals surface area contributed by atoms with Crippen molar-refractivity contribution in [3.8, 4) is 0 Å². The van der Waals surface area contributed by atoms with Crippen LogP contribution in [0.15, 0.2) is 28.7 Å². The van der Waals surface area contributed by atoms with E-state index in [0.29, 0.717) is 10.6 Å². The number of hydrogen-bond acceptors (Lipinski definition) is 4. The summed E-state index contributed by atoms with van der Waals surface area (Å²) in [6, 6.07) is 6.93. The zero-order valence-electron chi connectivity index (χ0n) is 9.40. The quantitative estimate of drug-likeness (QED) is 0.622. The SMILES string of the molecule is COC(OC)C(=O)c1cc2cccc(Cl)c2o1. The van der Waals surface area contributed by atoms with E-state index >= 15 is 0 Å². The van der Waals surface area contributed by atoms with E-state index in [4.69, 9.17) is 25.5 Å². The van der Waals surface area contributed by atoms with Gasteiger partial charge in [-0.3, -0.25) is 4.79 Å². The molecular formula is C12H11ClO4. The highest BCUT2D eigenvalue weighted by atomic mass is 35.5. The normalized spacial score (nSPS) is 11.3. The monoisotopic (exact) mass is 254 g/mol. The van der Waals surface area contributed by atoms with Crippen LogP contribution in [0.4, 0.5) is 0 Å². The third kappa shape index (κ3) is 2.20. The zero-order valence-corrected chi connectivity index (χ0v) is 10.2. The highest BCUT2D eigenvalue weighted by Crippen LogP contribution is 2.27. The van der Waals surface area contributed by atoms with Crippen LogP contribution in [0.25, 0.3) is 11.0 Å². The maximum Gasteiger partial charge on any atom is 0.253 e. The van der Waals surface area contributed by atoms with Gasteiger partial charge in [-0.1, -0.05) is 23.7 Å². The predicted molar refractivity (Wildman–Crippen MR) is 63.4 cm³/mol. The van der Waals surface area contributed by atoms with Gasteiger partial charge in [-0.05, 0) is 12.1 Å². The molecule has 0 fully saturated rings. The first kappa shape index (κ1) is 12.1. The number of methoxy groups -OCH3 is 2. The number of halogens is 1. The molecule has 0 radical (unpaired) electrons. The minimum atomic E-state index is -0.964. The molecule has 0 saturated heterocycles. The van der Waals surface area contributed by atoms with Crippen LogP contribution in [0.1, 0.15) is 10.6 Å². The molecule has 0 unspecified atom stereocenters. The molecule has 0 N–H and O–H groups in total. The molecule has 2 rings (SSSR count). The number of ketones is 1. The Morgan fingerprint density at radius 3 is 2.65 bits per heavy atom. The molecule has 90 valence electrons. The van der Waals surface area contributed by atoms with E-state index in [1.807, 2.05) is 6.07 Å². The van der Waals surface area contributed by atoms with Gasteiger partial charge in [0.15, 0.2) is 11.3 Å².